The molecule has 0 spiro atoms. The maximum absolute atomic E-state index is 13.8. The molecule has 36 heavy (non-hydrogen) atoms. The summed E-state index contributed by atoms with van der Waals surface area (Å²) in [4.78, 5) is 15.8. The summed E-state index contributed by atoms with van der Waals surface area (Å²) in [6, 6.07) is 16.5. The minimum atomic E-state index is -2.94. The van der Waals surface area contributed by atoms with E-state index in [1.165, 1.54) is 24.3 Å². The van der Waals surface area contributed by atoms with Gasteiger partial charge in [-0.3, -0.25) is 4.99 Å². The summed E-state index contributed by atoms with van der Waals surface area (Å²) < 4.78 is 46.8. The van der Waals surface area contributed by atoms with E-state index in [0.717, 1.165) is 33.2 Å². The van der Waals surface area contributed by atoms with Gasteiger partial charge in [0.2, 0.25) is 0 Å². The molecule has 0 radical (unpaired) electrons. The van der Waals surface area contributed by atoms with Crippen molar-refractivity contribution in [3.8, 4) is 16.8 Å². The molecule has 1 aliphatic heterocycles. The van der Waals surface area contributed by atoms with E-state index in [9.17, 15) is 23.1 Å². The largest absolute Gasteiger partial charge is 0.478 e. The van der Waals surface area contributed by atoms with E-state index < -0.39 is 23.8 Å². The van der Waals surface area contributed by atoms with E-state index in [1.54, 1.807) is 30.5 Å². The van der Waals surface area contributed by atoms with Crippen molar-refractivity contribution in [3.63, 3.8) is 0 Å². The van der Waals surface area contributed by atoms with E-state index >= 15 is 0 Å². The minimum absolute atomic E-state index is 0.136. The molecule has 8 heteroatoms. The molecule has 5 nitrogen and oxygen atoms in total. The zero-order valence-corrected chi connectivity index (χ0v) is 19.6. The Morgan fingerprint density at radius 2 is 1.81 bits per heavy atom. The van der Waals surface area contributed by atoms with E-state index in [1.807, 2.05) is 30.5 Å². The van der Waals surface area contributed by atoms with E-state index in [2.05, 4.69) is 4.99 Å². The van der Waals surface area contributed by atoms with Gasteiger partial charge in [-0.05, 0) is 65.2 Å². The highest BCUT2D eigenvalue weighted by Crippen LogP contribution is 2.44. The summed E-state index contributed by atoms with van der Waals surface area (Å²) in [5, 5.41) is 10.2. The van der Waals surface area contributed by atoms with Gasteiger partial charge in [-0.25, -0.2) is 9.18 Å². The van der Waals surface area contributed by atoms with Crippen LogP contribution in [0.5, 0.6) is 0 Å². The van der Waals surface area contributed by atoms with Crippen LogP contribution in [-0.4, -0.2) is 35.1 Å². The first kappa shape index (κ1) is 23.8. The number of halogens is 3. The predicted molar refractivity (Wildman–Crippen MR) is 132 cm³/mol. The average Bonchev–Trinajstić information content (AvgIpc) is 3.44. The summed E-state index contributed by atoms with van der Waals surface area (Å²) in [5.41, 5.74) is 4.83. The first-order valence-electron chi connectivity index (χ1n) is 11.4. The molecule has 1 aromatic heterocycles. The molecule has 3 aromatic carbocycles. The van der Waals surface area contributed by atoms with Gasteiger partial charge in [0, 0.05) is 34.0 Å². The van der Waals surface area contributed by atoms with Crippen molar-refractivity contribution in [2.75, 3.05) is 6.61 Å². The first-order chi connectivity index (χ1) is 17.2. The van der Waals surface area contributed by atoms with Crippen LogP contribution in [0.3, 0.4) is 0 Å². The van der Waals surface area contributed by atoms with Gasteiger partial charge in [-0.15, -0.1) is 0 Å². The Morgan fingerprint density at radius 3 is 2.44 bits per heavy atom. The smallest absolute Gasteiger partial charge is 0.345 e. The van der Waals surface area contributed by atoms with Crippen molar-refractivity contribution in [2.45, 2.75) is 32.4 Å². The molecular formula is C28H23F3N2O3. The van der Waals surface area contributed by atoms with Crippen LogP contribution in [0.25, 0.3) is 27.7 Å². The quantitative estimate of drug-likeness (QED) is 0.317. The Hall–Kier alpha value is -3.91. The SMILES string of the molecule is CC(C)(COC(F)F)c1c(-c2ccc(C(=O)O)cc2)c2cc3c(cc2n1-c1ccc(F)cc1)C=NC3. The number of hydrogen-bond donors (Lipinski definition) is 1. The molecule has 0 aliphatic carbocycles. The van der Waals surface area contributed by atoms with Crippen molar-refractivity contribution in [1.29, 1.82) is 0 Å². The van der Waals surface area contributed by atoms with E-state index in [4.69, 9.17) is 4.74 Å². The number of carbonyl (C=O) groups is 1. The lowest BCUT2D eigenvalue weighted by molar-refractivity contribution is -0.139. The molecule has 5 rings (SSSR count). The second kappa shape index (κ2) is 8.95. The lowest BCUT2D eigenvalue weighted by atomic mass is 9.84. The predicted octanol–water partition coefficient (Wildman–Crippen LogP) is 6.58. The van der Waals surface area contributed by atoms with Crippen LogP contribution in [0.15, 0.2) is 65.7 Å². The van der Waals surface area contributed by atoms with Crippen molar-refractivity contribution in [3.05, 3.63) is 88.9 Å². The number of alkyl halides is 2. The molecule has 1 aliphatic rings. The number of aromatic nitrogens is 1. The third-order valence-electron chi connectivity index (χ3n) is 6.44. The number of rotatable bonds is 7. The Morgan fingerprint density at radius 1 is 1.11 bits per heavy atom. The lowest BCUT2D eigenvalue weighted by Gasteiger charge is -2.28. The number of aliphatic imine (C=N–C) groups is 1. The summed E-state index contributed by atoms with van der Waals surface area (Å²) >= 11 is 0. The maximum Gasteiger partial charge on any atom is 0.345 e. The van der Waals surface area contributed by atoms with Gasteiger partial charge in [0.25, 0.3) is 0 Å². The molecule has 2 heterocycles. The van der Waals surface area contributed by atoms with Crippen LogP contribution in [0, 0.1) is 5.82 Å². The normalized spacial score (nSPS) is 13.1. The molecule has 0 bridgehead atoms. The highest BCUT2D eigenvalue weighted by molar-refractivity contribution is 6.03. The average molecular weight is 492 g/mol. The molecule has 4 aromatic rings. The number of carboxylic acid groups (broad SMARTS) is 1. The molecule has 0 fully saturated rings. The topological polar surface area (TPSA) is 63.8 Å². The Kier molecular flexibility index (Phi) is 5.92. The number of carboxylic acids is 1. The summed E-state index contributed by atoms with van der Waals surface area (Å²) in [7, 11) is 0. The zero-order chi connectivity index (χ0) is 25.6. The van der Waals surface area contributed by atoms with Crippen molar-refractivity contribution >= 4 is 23.1 Å². The standard InChI is InChI=1S/C28H23F3N2O3/c1-28(2,15-36-27(30)31)25-24(16-3-5-17(6-4-16)26(34)35)22-11-18-13-32-14-19(18)12-23(22)33(25)21-9-7-20(29)8-10-21/h3-12,14,27H,13,15H2,1-2H3,(H,34,35). The Balaban J connectivity index is 1.87. The fourth-order valence-corrected chi connectivity index (χ4v) is 4.80. The second-order valence-corrected chi connectivity index (χ2v) is 9.41. The number of fused-ring (bicyclic) bond motifs is 2. The molecular weight excluding hydrogens is 469 g/mol. The van der Waals surface area contributed by atoms with Gasteiger partial charge in [-0.1, -0.05) is 26.0 Å². The third-order valence-corrected chi connectivity index (χ3v) is 6.44. The Labute approximate surface area is 205 Å². The molecule has 0 amide bonds. The Bertz CT molecular complexity index is 1490. The molecule has 0 atom stereocenters. The van der Waals surface area contributed by atoms with E-state index in [0.29, 0.717) is 17.9 Å². The van der Waals surface area contributed by atoms with Crippen molar-refractivity contribution in [1.82, 2.24) is 4.57 Å². The summed E-state index contributed by atoms with van der Waals surface area (Å²) in [6.07, 6.45) is 1.79. The highest BCUT2D eigenvalue weighted by atomic mass is 19.3. The number of hydrogen-bond acceptors (Lipinski definition) is 3. The maximum atomic E-state index is 13.8. The van der Waals surface area contributed by atoms with Gasteiger partial charge in [0.15, 0.2) is 0 Å². The van der Waals surface area contributed by atoms with Crippen LogP contribution < -0.4 is 0 Å². The van der Waals surface area contributed by atoms with E-state index in [-0.39, 0.29) is 12.2 Å². The van der Waals surface area contributed by atoms with Crippen molar-refractivity contribution in [2.24, 2.45) is 4.99 Å². The van der Waals surface area contributed by atoms with Crippen LogP contribution in [0.1, 0.15) is 41.0 Å². The number of benzene rings is 3. The molecule has 0 saturated carbocycles. The van der Waals surface area contributed by atoms with Crippen LogP contribution >= 0.6 is 0 Å². The van der Waals surface area contributed by atoms with Crippen molar-refractivity contribution < 1.29 is 27.8 Å². The number of ether oxygens (including phenoxy) is 1. The van der Waals surface area contributed by atoms with Gasteiger partial charge in [-0.2, -0.15) is 8.78 Å². The third kappa shape index (κ3) is 4.18. The molecule has 1 N–H and O–H groups in total. The van der Waals surface area contributed by atoms with Gasteiger partial charge < -0.3 is 14.4 Å². The summed E-state index contributed by atoms with van der Waals surface area (Å²) in [5.74, 6) is -1.44. The zero-order valence-electron chi connectivity index (χ0n) is 19.6. The van der Waals surface area contributed by atoms with Gasteiger partial charge in [0.1, 0.15) is 5.82 Å². The van der Waals surface area contributed by atoms with Crippen LogP contribution in [-0.2, 0) is 16.7 Å². The fraction of sp³-hybridized carbons (Fsp3) is 0.214. The summed E-state index contributed by atoms with van der Waals surface area (Å²) in [6.45, 7) is 0.939. The number of aromatic carboxylic acids is 1. The second-order valence-electron chi connectivity index (χ2n) is 9.41. The fourth-order valence-electron chi connectivity index (χ4n) is 4.80. The highest BCUT2D eigenvalue weighted by Gasteiger charge is 2.33. The minimum Gasteiger partial charge on any atom is -0.478 e. The lowest BCUT2D eigenvalue weighted by Crippen LogP contribution is -2.29. The number of nitrogens with zero attached hydrogens (tertiary/aromatic N) is 2. The molecule has 0 saturated heterocycles. The molecule has 184 valence electrons. The monoisotopic (exact) mass is 492 g/mol. The van der Waals surface area contributed by atoms with Crippen LogP contribution in [0.4, 0.5) is 13.2 Å². The first-order valence-corrected chi connectivity index (χ1v) is 11.4. The van der Waals surface area contributed by atoms with Gasteiger partial charge in [0.05, 0.1) is 24.2 Å². The van der Waals surface area contributed by atoms with Gasteiger partial charge >= 0.3 is 12.6 Å². The molecule has 0 unspecified atom stereocenters. The van der Waals surface area contributed by atoms with Crippen LogP contribution in [0.2, 0.25) is 0 Å².